The molecule has 0 radical (unpaired) electrons. The van der Waals surface area contributed by atoms with Crippen LogP contribution in [0.2, 0.25) is 0 Å². The number of rotatable bonds is 5. The van der Waals surface area contributed by atoms with E-state index < -0.39 is 0 Å². The van der Waals surface area contributed by atoms with Gasteiger partial charge < -0.3 is 10.5 Å². The molecule has 1 unspecified atom stereocenters. The molecule has 0 saturated carbocycles. The van der Waals surface area contributed by atoms with Gasteiger partial charge in [0.05, 0.1) is 0 Å². The molecule has 0 bridgehead atoms. The average Bonchev–Trinajstić information content (AvgIpc) is 2.47. The second kappa shape index (κ2) is 6.39. The molecule has 0 amide bonds. The molecule has 2 nitrogen and oxygen atoms in total. The zero-order valence-corrected chi connectivity index (χ0v) is 11.6. The van der Waals surface area contributed by atoms with Crippen LogP contribution in [0.4, 0.5) is 0 Å². The third-order valence-electron chi connectivity index (χ3n) is 3.29. The van der Waals surface area contributed by atoms with Crippen LogP contribution in [-0.4, -0.2) is 0 Å². The van der Waals surface area contributed by atoms with E-state index in [2.05, 4.69) is 26.0 Å². The van der Waals surface area contributed by atoms with Crippen LogP contribution in [0.15, 0.2) is 48.5 Å². The van der Waals surface area contributed by atoms with E-state index in [4.69, 9.17) is 10.5 Å². The minimum atomic E-state index is 0.109. The first-order valence-electron chi connectivity index (χ1n) is 6.85. The fourth-order valence-electron chi connectivity index (χ4n) is 1.98. The van der Waals surface area contributed by atoms with Crippen molar-refractivity contribution in [3.63, 3.8) is 0 Å². The smallest absolute Gasteiger partial charge is 0.127 e. The molecule has 2 heteroatoms. The predicted octanol–water partition coefficient (Wildman–Crippen LogP) is 4.45. The van der Waals surface area contributed by atoms with Crippen LogP contribution < -0.4 is 10.5 Å². The summed E-state index contributed by atoms with van der Waals surface area (Å²) in [7, 11) is 0. The van der Waals surface area contributed by atoms with E-state index in [1.807, 2.05) is 36.4 Å². The van der Waals surface area contributed by atoms with Crippen LogP contribution >= 0.6 is 0 Å². The first kappa shape index (κ1) is 13.6. The predicted molar refractivity (Wildman–Crippen MR) is 79.6 cm³/mol. The van der Waals surface area contributed by atoms with Crippen molar-refractivity contribution < 1.29 is 4.74 Å². The number of hydrogen-bond acceptors (Lipinski definition) is 2. The Bertz CT molecular complexity index is 519. The third-order valence-corrected chi connectivity index (χ3v) is 3.29. The standard InChI is InChI=1S/C17H21NO/c1-3-13-6-5-7-16(12-13)19-15-10-8-14(9-11-15)17(18)4-2/h5-12,17H,3-4,18H2,1-2H3. The Morgan fingerprint density at radius 1 is 1.00 bits per heavy atom. The molecule has 0 aromatic heterocycles. The van der Waals surface area contributed by atoms with E-state index in [1.54, 1.807) is 0 Å². The molecule has 0 fully saturated rings. The van der Waals surface area contributed by atoms with Gasteiger partial charge in [-0.3, -0.25) is 0 Å². The highest BCUT2D eigenvalue weighted by Gasteiger charge is 2.03. The van der Waals surface area contributed by atoms with Crippen LogP contribution in [0, 0.1) is 0 Å². The summed E-state index contributed by atoms with van der Waals surface area (Å²) < 4.78 is 5.85. The van der Waals surface area contributed by atoms with Crippen LogP contribution in [-0.2, 0) is 6.42 Å². The van der Waals surface area contributed by atoms with Gasteiger partial charge in [-0.05, 0) is 48.2 Å². The summed E-state index contributed by atoms with van der Waals surface area (Å²) in [5.41, 5.74) is 8.42. The molecule has 0 aliphatic carbocycles. The number of aryl methyl sites for hydroxylation is 1. The Hall–Kier alpha value is -1.80. The molecule has 19 heavy (non-hydrogen) atoms. The minimum Gasteiger partial charge on any atom is -0.457 e. The summed E-state index contributed by atoms with van der Waals surface area (Å²) in [6.45, 7) is 4.23. The molecule has 0 heterocycles. The highest BCUT2D eigenvalue weighted by molar-refractivity contribution is 5.35. The molecular weight excluding hydrogens is 234 g/mol. The van der Waals surface area contributed by atoms with Crippen molar-refractivity contribution in [1.29, 1.82) is 0 Å². The topological polar surface area (TPSA) is 35.2 Å². The third kappa shape index (κ3) is 3.58. The van der Waals surface area contributed by atoms with Gasteiger partial charge >= 0.3 is 0 Å². The first-order valence-corrected chi connectivity index (χ1v) is 6.85. The van der Waals surface area contributed by atoms with Crippen molar-refractivity contribution in [2.45, 2.75) is 32.7 Å². The zero-order chi connectivity index (χ0) is 13.7. The SMILES string of the molecule is CCc1cccc(Oc2ccc(C(N)CC)cc2)c1. The molecule has 0 aliphatic heterocycles. The Labute approximate surface area is 115 Å². The Morgan fingerprint density at radius 2 is 1.74 bits per heavy atom. The van der Waals surface area contributed by atoms with Crippen molar-refractivity contribution in [3.8, 4) is 11.5 Å². The molecule has 2 aromatic rings. The Morgan fingerprint density at radius 3 is 2.37 bits per heavy atom. The van der Waals surface area contributed by atoms with Crippen molar-refractivity contribution in [2.24, 2.45) is 5.73 Å². The molecule has 2 N–H and O–H groups in total. The normalized spacial score (nSPS) is 12.2. The minimum absolute atomic E-state index is 0.109. The second-order valence-corrected chi connectivity index (χ2v) is 4.69. The molecule has 0 aliphatic rings. The monoisotopic (exact) mass is 255 g/mol. The van der Waals surface area contributed by atoms with E-state index in [1.165, 1.54) is 5.56 Å². The van der Waals surface area contributed by atoms with Crippen molar-refractivity contribution >= 4 is 0 Å². The summed E-state index contributed by atoms with van der Waals surface area (Å²) in [5.74, 6) is 1.73. The lowest BCUT2D eigenvalue weighted by Crippen LogP contribution is -2.07. The maximum absolute atomic E-state index is 5.99. The number of ether oxygens (including phenoxy) is 1. The molecule has 0 spiro atoms. The maximum atomic E-state index is 5.99. The highest BCUT2D eigenvalue weighted by atomic mass is 16.5. The zero-order valence-electron chi connectivity index (χ0n) is 11.6. The summed E-state index contributed by atoms with van der Waals surface area (Å²) in [4.78, 5) is 0. The lowest BCUT2D eigenvalue weighted by atomic mass is 10.1. The molecule has 100 valence electrons. The quantitative estimate of drug-likeness (QED) is 0.856. The van der Waals surface area contributed by atoms with Gasteiger partial charge in [-0.15, -0.1) is 0 Å². The van der Waals surface area contributed by atoms with E-state index >= 15 is 0 Å². The number of hydrogen-bond donors (Lipinski definition) is 1. The van der Waals surface area contributed by atoms with E-state index in [9.17, 15) is 0 Å². The fourth-order valence-corrected chi connectivity index (χ4v) is 1.98. The van der Waals surface area contributed by atoms with Crippen LogP contribution in [0.3, 0.4) is 0 Å². The Balaban J connectivity index is 2.10. The lowest BCUT2D eigenvalue weighted by Gasteiger charge is -2.11. The van der Waals surface area contributed by atoms with E-state index in [0.29, 0.717) is 0 Å². The highest BCUT2D eigenvalue weighted by Crippen LogP contribution is 2.24. The van der Waals surface area contributed by atoms with Gasteiger partial charge in [-0.1, -0.05) is 38.1 Å². The summed E-state index contributed by atoms with van der Waals surface area (Å²) in [6, 6.07) is 16.3. The maximum Gasteiger partial charge on any atom is 0.127 e. The largest absolute Gasteiger partial charge is 0.457 e. The van der Waals surface area contributed by atoms with Crippen molar-refractivity contribution in [3.05, 3.63) is 59.7 Å². The number of benzene rings is 2. The summed E-state index contributed by atoms with van der Waals surface area (Å²) in [5, 5.41) is 0. The molecule has 2 aromatic carbocycles. The molecule has 0 saturated heterocycles. The summed E-state index contributed by atoms with van der Waals surface area (Å²) in [6.07, 6.45) is 1.96. The van der Waals surface area contributed by atoms with Crippen molar-refractivity contribution in [1.82, 2.24) is 0 Å². The Kier molecular flexibility index (Phi) is 4.58. The molecular formula is C17H21NO. The van der Waals surface area contributed by atoms with Crippen molar-refractivity contribution in [2.75, 3.05) is 0 Å². The van der Waals surface area contributed by atoms with E-state index in [-0.39, 0.29) is 6.04 Å². The fraction of sp³-hybridized carbons (Fsp3) is 0.294. The van der Waals surface area contributed by atoms with Gasteiger partial charge in [-0.2, -0.15) is 0 Å². The van der Waals surface area contributed by atoms with E-state index in [0.717, 1.165) is 29.9 Å². The number of nitrogens with two attached hydrogens (primary N) is 1. The molecule has 2 rings (SSSR count). The van der Waals surface area contributed by atoms with Crippen LogP contribution in [0.25, 0.3) is 0 Å². The van der Waals surface area contributed by atoms with Gasteiger partial charge in [0.15, 0.2) is 0 Å². The summed E-state index contributed by atoms with van der Waals surface area (Å²) >= 11 is 0. The van der Waals surface area contributed by atoms with Gasteiger partial charge in [0, 0.05) is 6.04 Å². The van der Waals surface area contributed by atoms with Crippen LogP contribution in [0.1, 0.15) is 37.4 Å². The van der Waals surface area contributed by atoms with Crippen LogP contribution in [0.5, 0.6) is 11.5 Å². The van der Waals surface area contributed by atoms with Gasteiger partial charge in [0.25, 0.3) is 0 Å². The first-order chi connectivity index (χ1) is 9.22. The average molecular weight is 255 g/mol. The second-order valence-electron chi connectivity index (χ2n) is 4.69. The van der Waals surface area contributed by atoms with Gasteiger partial charge in [0.2, 0.25) is 0 Å². The molecule has 1 atom stereocenters. The van der Waals surface area contributed by atoms with Gasteiger partial charge in [-0.25, -0.2) is 0 Å². The lowest BCUT2D eigenvalue weighted by molar-refractivity contribution is 0.481. The van der Waals surface area contributed by atoms with Gasteiger partial charge in [0.1, 0.15) is 11.5 Å².